The zero-order chi connectivity index (χ0) is 16.0. The van der Waals surface area contributed by atoms with Crippen LogP contribution < -0.4 is 10.1 Å². The smallest absolute Gasteiger partial charge is 0.216 e. The summed E-state index contributed by atoms with van der Waals surface area (Å²) in [7, 11) is 0.717. The fraction of sp³-hybridized carbons (Fsp3) is 0.389. The number of anilines is 2. The van der Waals surface area contributed by atoms with E-state index in [9.17, 15) is 4.21 Å². The maximum Gasteiger partial charge on any atom is 0.216 e. The lowest BCUT2D eigenvalue weighted by molar-refractivity contribution is 0.388. The number of ether oxygens (including phenoxy) is 1. The van der Waals surface area contributed by atoms with Crippen LogP contribution in [0.5, 0.6) is 5.88 Å². The minimum absolute atomic E-state index is 0.591. The molecular formula is C18H20N2O2S. The Morgan fingerprint density at radius 2 is 2.04 bits per heavy atom. The number of methoxy groups -OCH3 is 1. The highest BCUT2D eigenvalue weighted by Gasteiger charge is 2.41. The van der Waals surface area contributed by atoms with Gasteiger partial charge in [0, 0.05) is 33.2 Å². The van der Waals surface area contributed by atoms with E-state index in [2.05, 4.69) is 10.3 Å². The average molecular weight is 328 g/mol. The number of pyridine rings is 1. The van der Waals surface area contributed by atoms with E-state index < -0.39 is 10.8 Å². The Bertz CT molecular complexity index is 791. The van der Waals surface area contributed by atoms with Crippen molar-refractivity contribution < 1.29 is 8.95 Å². The van der Waals surface area contributed by atoms with Gasteiger partial charge in [0.25, 0.3) is 0 Å². The highest BCUT2D eigenvalue weighted by atomic mass is 32.2. The van der Waals surface area contributed by atoms with Crippen molar-refractivity contribution in [3.8, 4) is 5.88 Å². The van der Waals surface area contributed by atoms with E-state index in [1.54, 1.807) is 13.4 Å². The van der Waals surface area contributed by atoms with Crippen LogP contribution in [0.4, 0.5) is 11.4 Å². The predicted octanol–water partition coefficient (Wildman–Crippen LogP) is 3.94. The molecule has 1 N–H and O–H groups in total. The molecular weight excluding hydrogens is 308 g/mol. The Labute approximate surface area is 138 Å². The predicted molar refractivity (Wildman–Crippen MR) is 92.2 cm³/mol. The molecule has 3 atom stereocenters. The van der Waals surface area contributed by atoms with Crippen molar-refractivity contribution in [3.05, 3.63) is 41.6 Å². The zero-order valence-corrected chi connectivity index (χ0v) is 14.2. The molecule has 1 aromatic carbocycles. The molecule has 120 valence electrons. The van der Waals surface area contributed by atoms with Gasteiger partial charge < -0.3 is 10.1 Å². The van der Waals surface area contributed by atoms with Crippen LogP contribution in [-0.4, -0.2) is 22.6 Å². The first kappa shape index (κ1) is 14.7. The zero-order valence-electron chi connectivity index (χ0n) is 13.3. The van der Waals surface area contributed by atoms with E-state index in [0.29, 0.717) is 11.8 Å². The molecule has 1 fully saturated rings. The van der Waals surface area contributed by atoms with E-state index >= 15 is 0 Å². The molecule has 4 rings (SSSR count). The number of hydrogen-bond donors (Lipinski definition) is 1. The lowest BCUT2D eigenvalue weighted by Gasteiger charge is -2.21. The highest BCUT2D eigenvalue weighted by Crippen LogP contribution is 2.57. The molecule has 0 aliphatic heterocycles. The second-order valence-electron chi connectivity index (χ2n) is 6.32. The molecule has 0 spiro atoms. The summed E-state index contributed by atoms with van der Waals surface area (Å²) in [6.45, 7) is 0. The van der Waals surface area contributed by atoms with Crippen LogP contribution in [0.2, 0.25) is 0 Å². The molecule has 0 radical (unpaired) electrons. The second kappa shape index (κ2) is 5.64. The number of aromatic nitrogens is 1. The van der Waals surface area contributed by atoms with E-state index in [1.165, 1.54) is 30.4 Å². The quantitative estimate of drug-likeness (QED) is 0.924. The van der Waals surface area contributed by atoms with Gasteiger partial charge in [-0.15, -0.1) is 0 Å². The van der Waals surface area contributed by atoms with Crippen molar-refractivity contribution >= 4 is 22.2 Å². The lowest BCUT2D eigenvalue weighted by Crippen LogP contribution is -2.07. The van der Waals surface area contributed by atoms with E-state index in [1.807, 2.05) is 30.5 Å². The van der Waals surface area contributed by atoms with Gasteiger partial charge in [0.2, 0.25) is 5.88 Å². The van der Waals surface area contributed by atoms with E-state index in [4.69, 9.17) is 4.74 Å². The summed E-state index contributed by atoms with van der Waals surface area (Å²) in [6.07, 6.45) is 7.27. The maximum absolute atomic E-state index is 11.7. The summed E-state index contributed by atoms with van der Waals surface area (Å²) < 4.78 is 17.2. The van der Waals surface area contributed by atoms with Crippen LogP contribution in [0.3, 0.4) is 0 Å². The van der Waals surface area contributed by atoms with Gasteiger partial charge in [0.1, 0.15) is 0 Å². The number of nitrogens with one attached hydrogen (secondary N) is 1. The van der Waals surface area contributed by atoms with Gasteiger partial charge in [-0.1, -0.05) is 6.07 Å². The molecule has 23 heavy (non-hydrogen) atoms. The van der Waals surface area contributed by atoms with Crippen molar-refractivity contribution in [1.29, 1.82) is 0 Å². The SMILES string of the molecule is COc1ncc(Nc2cccc(S(C)=O)c2)c2c1C1CCC2C1. The fourth-order valence-corrected chi connectivity index (χ4v) is 4.60. The Morgan fingerprint density at radius 3 is 2.78 bits per heavy atom. The summed E-state index contributed by atoms with van der Waals surface area (Å²) in [5.41, 5.74) is 4.68. The summed E-state index contributed by atoms with van der Waals surface area (Å²) in [4.78, 5) is 5.32. The first-order chi connectivity index (χ1) is 11.2. The Hall–Kier alpha value is -1.88. The first-order valence-electron chi connectivity index (χ1n) is 7.94. The third-order valence-electron chi connectivity index (χ3n) is 5.01. The van der Waals surface area contributed by atoms with Crippen molar-refractivity contribution in [2.24, 2.45) is 0 Å². The van der Waals surface area contributed by atoms with E-state index in [0.717, 1.165) is 22.2 Å². The molecule has 3 unspecified atom stereocenters. The summed E-state index contributed by atoms with van der Waals surface area (Å²) in [6, 6.07) is 7.77. The topological polar surface area (TPSA) is 51.2 Å². The lowest BCUT2D eigenvalue weighted by atomic mass is 9.91. The van der Waals surface area contributed by atoms with Crippen LogP contribution in [-0.2, 0) is 10.8 Å². The normalized spacial score (nSPS) is 22.7. The monoisotopic (exact) mass is 328 g/mol. The van der Waals surface area contributed by atoms with Crippen molar-refractivity contribution in [1.82, 2.24) is 4.98 Å². The molecule has 1 aromatic heterocycles. The molecule has 5 heteroatoms. The number of nitrogens with zero attached hydrogens (tertiary/aromatic N) is 1. The van der Waals surface area contributed by atoms with Gasteiger partial charge in [-0.25, -0.2) is 4.98 Å². The Balaban J connectivity index is 1.74. The van der Waals surface area contributed by atoms with Gasteiger partial charge in [-0.3, -0.25) is 4.21 Å². The average Bonchev–Trinajstić information content (AvgIpc) is 3.17. The number of rotatable bonds is 4. The minimum atomic E-state index is -0.979. The van der Waals surface area contributed by atoms with Gasteiger partial charge in [0.15, 0.2) is 0 Å². The number of benzene rings is 1. The molecule has 1 heterocycles. The van der Waals surface area contributed by atoms with E-state index in [-0.39, 0.29) is 0 Å². The molecule has 2 aromatic rings. The first-order valence-corrected chi connectivity index (χ1v) is 9.50. The number of hydrogen-bond acceptors (Lipinski definition) is 4. The second-order valence-corrected chi connectivity index (χ2v) is 7.70. The van der Waals surface area contributed by atoms with Crippen molar-refractivity contribution in [2.75, 3.05) is 18.7 Å². The molecule has 0 amide bonds. The van der Waals surface area contributed by atoms with Gasteiger partial charge in [-0.2, -0.15) is 0 Å². The Kier molecular flexibility index (Phi) is 3.60. The molecule has 2 aliphatic rings. The van der Waals surface area contributed by atoms with Crippen molar-refractivity contribution in [2.45, 2.75) is 36.0 Å². The summed E-state index contributed by atoms with van der Waals surface area (Å²) in [5.74, 6) is 1.98. The van der Waals surface area contributed by atoms with Crippen LogP contribution in [0.1, 0.15) is 42.2 Å². The van der Waals surface area contributed by atoms with Crippen LogP contribution in [0.25, 0.3) is 0 Å². The fourth-order valence-electron chi connectivity index (χ4n) is 4.03. The standard InChI is InChI=1S/C18H20N2O2S/c1-22-18-17-12-7-6-11(8-12)16(17)15(10-19-18)20-13-4-3-5-14(9-13)23(2)21/h3-5,9-12,20H,6-8H2,1-2H3. The third kappa shape index (κ3) is 2.43. The van der Waals surface area contributed by atoms with Gasteiger partial charge >= 0.3 is 0 Å². The highest BCUT2D eigenvalue weighted by molar-refractivity contribution is 7.84. The van der Waals surface area contributed by atoms with Crippen LogP contribution in [0, 0.1) is 0 Å². The van der Waals surface area contributed by atoms with Crippen molar-refractivity contribution in [3.63, 3.8) is 0 Å². The van der Waals surface area contributed by atoms with Gasteiger partial charge in [0.05, 0.1) is 19.0 Å². The molecule has 2 bridgehead atoms. The van der Waals surface area contributed by atoms with Crippen LogP contribution >= 0.6 is 0 Å². The summed E-state index contributed by atoms with van der Waals surface area (Å²) >= 11 is 0. The Morgan fingerprint density at radius 1 is 1.26 bits per heavy atom. The molecule has 4 nitrogen and oxygen atoms in total. The minimum Gasteiger partial charge on any atom is -0.481 e. The maximum atomic E-state index is 11.7. The number of fused-ring (bicyclic) bond motifs is 5. The summed E-state index contributed by atoms with van der Waals surface area (Å²) in [5, 5.41) is 3.48. The molecule has 1 saturated carbocycles. The molecule has 0 saturated heterocycles. The van der Waals surface area contributed by atoms with Crippen LogP contribution in [0.15, 0.2) is 35.4 Å². The largest absolute Gasteiger partial charge is 0.481 e. The molecule has 2 aliphatic carbocycles. The third-order valence-corrected chi connectivity index (χ3v) is 5.93. The van der Waals surface area contributed by atoms with Gasteiger partial charge in [-0.05, 0) is 54.9 Å².